The van der Waals surface area contributed by atoms with Gasteiger partial charge >= 0.3 is 11.7 Å². The highest BCUT2D eigenvalue weighted by molar-refractivity contribution is 6.06. The Morgan fingerprint density at radius 3 is 2.24 bits per heavy atom. The van der Waals surface area contributed by atoms with Gasteiger partial charge in [0.1, 0.15) is 11.6 Å². The topological polar surface area (TPSA) is 71.3 Å². The van der Waals surface area contributed by atoms with Crippen molar-refractivity contribution in [2.75, 3.05) is 10.6 Å². The number of benzene rings is 3. The third kappa shape index (κ3) is 3.70. The number of hydrogen-bond acceptors (Lipinski definition) is 3. The van der Waals surface area contributed by atoms with E-state index < -0.39 is 23.3 Å². The van der Waals surface area contributed by atoms with E-state index in [9.17, 15) is 18.4 Å². The second kappa shape index (κ2) is 7.55. The molecule has 0 saturated heterocycles. The van der Waals surface area contributed by atoms with Gasteiger partial charge in [-0.15, -0.1) is 0 Å². The molecule has 144 valence electrons. The van der Waals surface area contributed by atoms with Gasteiger partial charge in [0.2, 0.25) is 5.88 Å². The molecule has 29 heavy (non-hydrogen) atoms. The van der Waals surface area contributed by atoms with Crippen molar-refractivity contribution in [2.24, 2.45) is 0 Å². The predicted octanol–water partition coefficient (Wildman–Crippen LogP) is 5.38. The van der Waals surface area contributed by atoms with Gasteiger partial charge in [-0.05, 0) is 23.8 Å². The number of hydrogen-bond donors (Lipinski definition) is 2. The van der Waals surface area contributed by atoms with Crippen LogP contribution in [0.2, 0.25) is 0 Å². The Labute approximate surface area is 163 Å². The Balaban J connectivity index is 1.77. The van der Waals surface area contributed by atoms with E-state index in [1.807, 2.05) is 30.3 Å². The van der Waals surface area contributed by atoms with E-state index in [4.69, 9.17) is 4.42 Å². The van der Waals surface area contributed by atoms with Crippen LogP contribution in [-0.2, 0) is 0 Å². The number of rotatable bonds is 3. The standard InChI is InChI=1S/C22H14F2N2O3/c23-14-10-11-18(17(24)12-14)25-22(28)26-20-19(13-6-2-1-3-7-13)15-8-4-5-9-16(15)21(27)29-20/h1-12H,(H2,25,26,28). The minimum absolute atomic E-state index is 0.0834. The van der Waals surface area contributed by atoms with Crippen LogP contribution >= 0.6 is 0 Å². The summed E-state index contributed by atoms with van der Waals surface area (Å²) in [7, 11) is 0. The summed E-state index contributed by atoms with van der Waals surface area (Å²) in [5, 5.41) is 5.69. The highest BCUT2D eigenvalue weighted by atomic mass is 19.1. The first kappa shape index (κ1) is 18.4. The van der Waals surface area contributed by atoms with Crippen LogP contribution in [0, 0.1) is 11.6 Å². The van der Waals surface area contributed by atoms with Crippen LogP contribution in [0.3, 0.4) is 0 Å². The zero-order valence-corrected chi connectivity index (χ0v) is 14.9. The highest BCUT2D eigenvalue weighted by Crippen LogP contribution is 2.33. The van der Waals surface area contributed by atoms with Crippen molar-refractivity contribution in [3.8, 4) is 11.1 Å². The van der Waals surface area contributed by atoms with E-state index in [1.165, 1.54) is 0 Å². The third-order valence-corrected chi connectivity index (χ3v) is 4.31. The summed E-state index contributed by atoms with van der Waals surface area (Å²) in [6, 6.07) is 17.9. The molecular weight excluding hydrogens is 378 g/mol. The fourth-order valence-corrected chi connectivity index (χ4v) is 3.03. The Hall–Kier alpha value is -4.00. The van der Waals surface area contributed by atoms with E-state index in [1.54, 1.807) is 24.3 Å². The van der Waals surface area contributed by atoms with Crippen LogP contribution < -0.4 is 16.3 Å². The van der Waals surface area contributed by atoms with Gasteiger partial charge < -0.3 is 9.73 Å². The Bertz CT molecular complexity index is 1270. The number of carbonyl (C=O) groups excluding carboxylic acids is 1. The number of fused-ring (bicyclic) bond motifs is 1. The van der Waals surface area contributed by atoms with E-state index in [2.05, 4.69) is 10.6 Å². The summed E-state index contributed by atoms with van der Waals surface area (Å²) in [4.78, 5) is 24.8. The molecule has 0 aliphatic carbocycles. The number of nitrogens with one attached hydrogen (secondary N) is 2. The first-order valence-corrected chi connectivity index (χ1v) is 8.67. The summed E-state index contributed by atoms with van der Waals surface area (Å²) < 4.78 is 32.2. The maximum atomic E-state index is 13.8. The lowest BCUT2D eigenvalue weighted by Gasteiger charge is -2.13. The van der Waals surface area contributed by atoms with Gasteiger partial charge in [0.05, 0.1) is 16.6 Å². The Morgan fingerprint density at radius 2 is 1.52 bits per heavy atom. The number of amides is 2. The van der Waals surface area contributed by atoms with E-state index in [-0.39, 0.29) is 11.6 Å². The molecule has 0 saturated carbocycles. The van der Waals surface area contributed by atoms with Crippen LogP contribution in [-0.4, -0.2) is 6.03 Å². The molecule has 0 aliphatic rings. The molecule has 0 radical (unpaired) electrons. The number of urea groups is 1. The van der Waals surface area contributed by atoms with Gasteiger partial charge in [0.15, 0.2) is 0 Å². The van der Waals surface area contributed by atoms with Gasteiger partial charge in [-0.1, -0.05) is 48.5 Å². The van der Waals surface area contributed by atoms with Crippen LogP contribution in [0.5, 0.6) is 0 Å². The normalized spacial score (nSPS) is 10.7. The maximum Gasteiger partial charge on any atom is 0.345 e. The molecule has 5 nitrogen and oxygen atoms in total. The molecule has 4 rings (SSSR count). The van der Waals surface area contributed by atoms with Gasteiger partial charge in [-0.2, -0.15) is 0 Å². The fourth-order valence-electron chi connectivity index (χ4n) is 3.03. The van der Waals surface area contributed by atoms with Gasteiger partial charge in [0, 0.05) is 11.5 Å². The van der Waals surface area contributed by atoms with Crippen molar-refractivity contribution in [1.82, 2.24) is 0 Å². The second-order valence-electron chi connectivity index (χ2n) is 6.21. The van der Waals surface area contributed by atoms with Crippen molar-refractivity contribution < 1.29 is 18.0 Å². The zero-order valence-electron chi connectivity index (χ0n) is 14.9. The maximum absolute atomic E-state index is 13.8. The highest BCUT2D eigenvalue weighted by Gasteiger charge is 2.18. The van der Waals surface area contributed by atoms with Crippen LogP contribution in [0.25, 0.3) is 21.9 Å². The van der Waals surface area contributed by atoms with Crippen molar-refractivity contribution in [1.29, 1.82) is 0 Å². The van der Waals surface area contributed by atoms with Crippen LogP contribution in [0.15, 0.2) is 82.0 Å². The van der Waals surface area contributed by atoms with Crippen LogP contribution in [0.1, 0.15) is 0 Å². The van der Waals surface area contributed by atoms with Gasteiger partial charge in [0.25, 0.3) is 0 Å². The molecule has 0 aliphatic heterocycles. The summed E-state index contributed by atoms with van der Waals surface area (Å²) in [5.41, 5.74) is 0.392. The summed E-state index contributed by atoms with van der Waals surface area (Å²) >= 11 is 0. The van der Waals surface area contributed by atoms with Crippen molar-refractivity contribution in [2.45, 2.75) is 0 Å². The lowest BCUT2D eigenvalue weighted by Crippen LogP contribution is -2.21. The molecule has 1 heterocycles. The fraction of sp³-hybridized carbons (Fsp3) is 0. The molecule has 0 spiro atoms. The summed E-state index contributed by atoms with van der Waals surface area (Å²) in [5.74, 6) is -1.77. The van der Waals surface area contributed by atoms with E-state index in [0.717, 1.165) is 17.7 Å². The molecular formula is C22H14F2N2O3. The Kier molecular flexibility index (Phi) is 4.78. The lowest BCUT2D eigenvalue weighted by molar-refractivity contribution is 0.261. The zero-order chi connectivity index (χ0) is 20.4. The van der Waals surface area contributed by atoms with E-state index >= 15 is 0 Å². The number of carbonyl (C=O) groups is 1. The molecule has 0 fully saturated rings. The smallest absolute Gasteiger partial charge is 0.345 e. The molecule has 2 amide bonds. The molecule has 3 aromatic carbocycles. The van der Waals surface area contributed by atoms with E-state index in [0.29, 0.717) is 22.4 Å². The van der Waals surface area contributed by atoms with Gasteiger partial charge in [-0.25, -0.2) is 18.4 Å². The van der Waals surface area contributed by atoms with Gasteiger partial charge in [-0.3, -0.25) is 5.32 Å². The third-order valence-electron chi connectivity index (χ3n) is 4.31. The molecule has 1 aromatic heterocycles. The molecule has 0 atom stereocenters. The minimum atomic E-state index is -0.927. The monoisotopic (exact) mass is 392 g/mol. The lowest BCUT2D eigenvalue weighted by atomic mass is 10.0. The summed E-state index contributed by atoms with van der Waals surface area (Å²) in [6.45, 7) is 0. The predicted molar refractivity (Wildman–Crippen MR) is 107 cm³/mol. The average Bonchev–Trinajstić information content (AvgIpc) is 2.71. The second-order valence-corrected chi connectivity index (χ2v) is 6.21. The quantitative estimate of drug-likeness (QED) is 0.492. The molecule has 7 heteroatoms. The Morgan fingerprint density at radius 1 is 0.828 bits per heavy atom. The minimum Gasteiger partial charge on any atom is -0.405 e. The summed E-state index contributed by atoms with van der Waals surface area (Å²) in [6.07, 6.45) is 0. The largest absolute Gasteiger partial charge is 0.405 e. The molecule has 0 bridgehead atoms. The van der Waals surface area contributed by atoms with Crippen molar-refractivity contribution >= 4 is 28.4 Å². The molecule has 0 unspecified atom stereocenters. The first-order valence-electron chi connectivity index (χ1n) is 8.67. The number of anilines is 2. The molecule has 4 aromatic rings. The number of halogens is 2. The van der Waals surface area contributed by atoms with Crippen molar-refractivity contribution in [3.05, 3.63) is 94.9 Å². The first-order chi connectivity index (χ1) is 14.0. The average molecular weight is 392 g/mol. The van der Waals surface area contributed by atoms with Crippen molar-refractivity contribution in [3.63, 3.8) is 0 Å². The SMILES string of the molecule is O=C(Nc1ccc(F)cc1F)Nc1oc(=O)c2ccccc2c1-c1ccccc1. The molecule has 2 N–H and O–H groups in total. The van der Waals surface area contributed by atoms with Crippen LogP contribution in [0.4, 0.5) is 25.1 Å².